The van der Waals surface area contributed by atoms with Crippen LogP contribution >= 0.6 is 0 Å². The van der Waals surface area contributed by atoms with Crippen LogP contribution in [0, 0.1) is 5.92 Å². The molecule has 6 nitrogen and oxygen atoms in total. The second-order valence-corrected chi connectivity index (χ2v) is 9.45. The van der Waals surface area contributed by atoms with Gasteiger partial charge in [0, 0.05) is 26.2 Å². The molecule has 1 heterocycles. The van der Waals surface area contributed by atoms with Gasteiger partial charge in [-0.1, -0.05) is 48.5 Å². The summed E-state index contributed by atoms with van der Waals surface area (Å²) in [4.78, 5) is 12.8. The lowest BCUT2D eigenvalue weighted by Crippen LogP contribution is -2.45. The zero-order chi connectivity index (χ0) is 21.2. The summed E-state index contributed by atoms with van der Waals surface area (Å²) in [5.74, 6) is -0.386. The van der Waals surface area contributed by atoms with E-state index < -0.39 is 10.0 Å². The van der Waals surface area contributed by atoms with Crippen LogP contribution in [0.4, 0.5) is 0 Å². The van der Waals surface area contributed by atoms with Gasteiger partial charge in [0.2, 0.25) is 15.9 Å². The van der Waals surface area contributed by atoms with E-state index in [-0.39, 0.29) is 23.3 Å². The minimum absolute atomic E-state index is 0.0766. The fourth-order valence-corrected chi connectivity index (χ4v) is 5.13. The van der Waals surface area contributed by atoms with Crippen molar-refractivity contribution in [3.05, 3.63) is 66.2 Å². The molecule has 1 aliphatic rings. The van der Waals surface area contributed by atoms with Crippen molar-refractivity contribution in [1.82, 2.24) is 9.62 Å². The van der Waals surface area contributed by atoms with E-state index in [2.05, 4.69) is 17.4 Å². The maximum Gasteiger partial charge on any atom is 0.243 e. The molecular formula is C23H30N2O4S. The number of ether oxygens (including phenoxy) is 1. The lowest BCUT2D eigenvalue weighted by molar-refractivity contribution is -0.126. The second-order valence-electron chi connectivity index (χ2n) is 7.51. The number of carbonyl (C=O) groups excluding carboxylic acids is 1. The highest BCUT2D eigenvalue weighted by atomic mass is 32.2. The van der Waals surface area contributed by atoms with Crippen LogP contribution in [0.5, 0.6) is 0 Å². The average molecular weight is 431 g/mol. The van der Waals surface area contributed by atoms with Crippen molar-refractivity contribution >= 4 is 15.9 Å². The summed E-state index contributed by atoms with van der Waals surface area (Å²) in [7, 11) is -3.55. The minimum atomic E-state index is -3.55. The van der Waals surface area contributed by atoms with Gasteiger partial charge >= 0.3 is 0 Å². The molecule has 2 aromatic carbocycles. The predicted molar refractivity (Wildman–Crippen MR) is 117 cm³/mol. The summed E-state index contributed by atoms with van der Waals surface area (Å²) in [6, 6.07) is 18.6. The average Bonchev–Trinajstić information content (AvgIpc) is 2.79. The van der Waals surface area contributed by atoms with Crippen LogP contribution in [0.1, 0.15) is 24.8 Å². The molecule has 0 saturated carbocycles. The van der Waals surface area contributed by atoms with E-state index in [0.29, 0.717) is 39.1 Å². The molecule has 0 spiro atoms. The Kier molecular flexibility index (Phi) is 8.42. The third-order valence-corrected chi connectivity index (χ3v) is 7.16. The summed E-state index contributed by atoms with van der Waals surface area (Å²) in [5, 5.41) is 2.93. The van der Waals surface area contributed by atoms with E-state index >= 15 is 0 Å². The molecule has 1 aliphatic heterocycles. The van der Waals surface area contributed by atoms with Crippen molar-refractivity contribution in [3.8, 4) is 0 Å². The van der Waals surface area contributed by atoms with Gasteiger partial charge in [-0.3, -0.25) is 4.79 Å². The molecule has 1 amide bonds. The fraction of sp³-hybridized carbons (Fsp3) is 0.435. The molecular weight excluding hydrogens is 400 g/mol. The molecule has 1 N–H and O–H groups in total. The highest BCUT2D eigenvalue weighted by molar-refractivity contribution is 7.89. The van der Waals surface area contributed by atoms with Crippen LogP contribution in [-0.4, -0.2) is 51.5 Å². The van der Waals surface area contributed by atoms with Crippen LogP contribution in [0.15, 0.2) is 65.6 Å². The predicted octanol–water partition coefficient (Wildman–Crippen LogP) is 2.85. The van der Waals surface area contributed by atoms with Gasteiger partial charge in [0.1, 0.15) is 0 Å². The van der Waals surface area contributed by atoms with Crippen molar-refractivity contribution in [3.63, 3.8) is 0 Å². The van der Waals surface area contributed by atoms with E-state index in [0.717, 1.165) is 12.8 Å². The lowest BCUT2D eigenvalue weighted by Gasteiger charge is -2.31. The SMILES string of the molecule is O=C(NCCCOCCc1ccccc1)C1CCCN(S(=O)(=O)c2ccccc2)C1. The number of benzene rings is 2. The van der Waals surface area contributed by atoms with E-state index in [1.165, 1.54) is 9.87 Å². The maximum absolute atomic E-state index is 12.8. The molecule has 3 rings (SSSR count). The smallest absolute Gasteiger partial charge is 0.243 e. The summed E-state index contributed by atoms with van der Waals surface area (Å²) in [6.45, 7) is 2.47. The molecule has 2 aromatic rings. The number of amides is 1. The summed E-state index contributed by atoms with van der Waals surface area (Å²) in [6.07, 6.45) is 3.01. The summed E-state index contributed by atoms with van der Waals surface area (Å²) in [5.41, 5.74) is 1.25. The molecule has 1 fully saturated rings. The molecule has 30 heavy (non-hydrogen) atoms. The van der Waals surface area contributed by atoms with Gasteiger partial charge < -0.3 is 10.1 Å². The minimum Gasteiger partial charge on any atom is -0.381 e. The second kappa shape index (κ2) is 11.2. The van der Waals surface area contributed by atoms with Gasteiger partial charge in [0.05, 0.1) is 17.4 Å². The Morgan fingerprint density at radius 3 is 2.47 bits per heavy atom. The highest BCUT2D eigenvalue weighted by Gasteiger charge is 2.33. The van der Waals surface area contributed by atoms with E-state index in [4.69, 9.17) is 4.74 Å². The number of rotatable bonds is 10. The fourth-order valence-electron chi connectivity index (χ4n) is 3.58. The molecule has 0 aromatic heterocycles. The first-order valence-electron chi connectivity index (χ1n) is 10.5. The first kappa shape index (κ1) is 22.5. The quantitative estimate of drug-likeness (QED) is 0.588. The summed E-state index contributed by atoms with van der Waals surface area (Å²) >= 11 is 0. The van der Waals surface area contributed by atoms with Crippen LogP contribution in [0.25, 0.3) is 0 Å². The number of hydrogen-bond acceptors (Lipinski definition) is 4. The van der Waals surface area contributed by atoms with Gasteiger partial charge in [0.15, 0.2) is 0 Å². The number of carbonyl (C=O) groups is 1. The largest absolute Gasteiger partial charge is 0.381 e. The van der Waals surface area contributed by atoms with Gasteiger partial charge in [-0.15, -0.1) is 0 Å². The zero-order valence-electron chi connectivity index (χ0n) is 17.2. The first-order valence-corrected chi connectivity index (χ1v) is 12.0. The Labute approximate surface area is 179 Å². The van der Waals surface area contributed by atoms with Crippen LogP contribution in [0.3, 0.4) is 0 Å². The van der Waals surface area contributed by atoms with Crippen molar-refractivity contribution < 1.29 is 17.9 Å². The Morgan fingerprint density at radius 2 is 1.73 bits per heavy atom. The van der Waals surface area contributed by atoms with Gasteiger partial charge in [-0.05, 0) is 43.4 Å². The molecule has 1 atom stereocenters. The van der Waals surface area contributed by atoms with Crippen molar-refractivity contribution in [1.29, 1.82) is 0 Å². The molecule has 1 saturated heterocycles. The third kappa shape index (κ3) is 6.39. The van der Waals surface area contributed by atoms with E-state index in [1.54, 1.807) is 30.3 Å². The molecule has 0 aliphatic carbocycles. The summed E-state index contributed by atoms with van der Waals surface area (Å²) < 4.78 is 32.7. The van der Waals surface area contributed by atoms with Gasteiger partial charge in [-0.25, -0.2) is 8.42 Å². The van der Waals surface area contributed by atoms with Crippen molar-refractivity contribution in [2.75, 3.05) is 32.8 Å². The Bertz CT molecular complexity index is 888. The monoisotopic (exact) mass is 430 g/mol. The van der Waals surface area contributed by atoms with Gasteiger partial charge in [0.25, 0.3) is 0 Å². The molecule has 7 heteroatoms. The van der Waals surface area contributed by atoms with E-state index in [1.807, 2.05) is 18.2 Å². The van der Waals surface area contributed by atoms with Gasteiger partial charge in [-0.2, -0.15) is 4.31 Å². The molecule has 162 valence electrons. The van der Waals surface area contributed by atoms with E-state index in [9.17, 15) is 13.2 Å². The Hall–Kier alpha value is -2.22. The lowest BCUT2D eigenvalue weighted by atomic mass is 9.99. The van der Waals surface area contributed by atoms with Crippen molar-refractivity contribution in [2.24, 2.45) is 5.92 Å². The number of piperidine rings is 1. The number of nitrogens with zero attached hydrogens (tertiary/aromatic N) is 1. The number of nitrogens with one attached hydrogen (secondary N) is 1. The van der Waals surface area contributed by atoms with Crippen LogP contribution < -0.4 is 5.32 Å². The maximum atomic E-state index is 12.8. The standard InChI is InChI=1S/C23H30N2O4S/c26-23(24-15-8-17-29-18-14-20-9-3-1-4-10-20)21-11-7-16-25(19-21)30(27,28)22-12-5-2-6-13-22/h1-6,9-10,12-13,21H,7-8,11,14-19H2,(H,24,26). The van der Waals surface area contributed by atoms with Crippen LogP contribution in [-0.2, 0) is 26.0 Å². The topological polar surface area (TPSA) is 75.7 Å². The molecule has 0 radical (unpaired) electrons. The first-order chi connectivity index (χ1) is 14.6. The Morgan fingerprint density at radius 1 is 1.03 bits per heavy atom. The number of hydrogen-bond donors (Lipinski definition) is 1. The highest BCUT2D eigenvalue weighted by Crippen LogP contribution is 2.23. The molecule has 0 bridgehead atoms. The molecule has 1 unspecified atom stereocenters. The zero-order valence-corrected chi connectivity index (χ0v) is 18.0. The van der Waals surface area contributed by atoms with Crippen LogP contribution in [0.2, 0.25) is 0 Å². The number of sulfonamides is 1. The Balaban J connectivity index is 1.36. The van der Waals surface area contributed by atoms with Crippen molar-refractivity contribution in [2.45, 2.75) is 30.6 Å². The third-order valence-electron chi connectivity index (χ3n) is 5.28. The normalized spacial score (nSPS) is 17.5.